The number of hydrogen-bond acceptors (Lipinski definition) is 4. The number of fused-ring (bicyclic) bond motifs is 1. The van der Waals surface area contributed by atoms with Crippen LogP contribution >= 0.6 is 0 Å². The molecule has 0 saturated carbocycles. The number of aliphatic hydroxyl groups is 1. The molecule has 0 heterocycles. The van der Waals surface area contributed by atoms with Crippen LogP contribution in [-0.2, 0) is 0 Å². The van der Waals surface area contributed by atoms with Gasteiger partial charge in [0.25, 0.3) is 0 Å². The van der Waals surface area contributed by atoms with Crippen molar-refractivity contribution >= 4 is 16.7 Å². The summed E-state index contributed by atoms with van der Waals surface area (Å²) in [5.41, 5.74) is 0.116. The van der Waals surface area contributed by atoms with Crippen molar-refractivity contribution in [3.8, 4) is 11.5 Å². The molecule has 0 saturated heterocycles. The molecule has 0 aliphatic rings. The van der Waals surface area contributed by atoms with Crippen LogP contribution in [0.1, 0.15) is 10.4 Å². The summed E-state index contributed by atoms with van der Waals surface area (Å²) in [6, 6.07) is 8.36. The van der Waals surface area contributed by atoms with Gasteiger partial charge in [-0.15, -0.1) is 0 Å². The maximum absolute atomic E-state index is 11.1. The van der Waals surface area contributed by atoms with Crippen molar-refractivity contribution in [3.63, 3.8) is 0 Å². The van der Waals surface area contributed by atoms with E-state index in [1.807, 2.05) is 6.07 Å². The standard InChI is InChI=1S/C14H14O5/c1-18-12-4-2-3-10-11(12)7-9(14(16)17)8-13(10)19-6-5-15/h2-4,7-8,15H,5-6H2,1H3,(H,16,17). The zero-order valence-corrected chi connectivity index (χ0v) is 10.4. The molecule has 2 rings (SSSR count). The van der Waals surface area contributed by atoms with Crippen LogP contribution in [-0.4, -0.2) is 36.5 Å². The third-order valence-corrected chi connectivity index (χ3v) is 2.73. The van der Waals surface area contributed by atoms with Crippen LogP contribution in [0.15, 0.2) is 30.3 Å². The Kier molecular flexibility index (Phi) is 3.87. The monoisotopic (exact) mass is 262 g/mol. The van der Waals surface area contributed by atoms with Crippen molar-refractivity contribution in [1.82, 2.24) is 0 Å². The summed E-state index contributed by atoms with van der Waals surface area (Å²) in [5, 5.41) is 19.3. The molecule has 19 heavy (non-hydrogen) atoms. The SMILES string of the molecule is COc1cccc2c(OCCO)cc(C(=O)O)cc12. The minimum atomic E-state index is -1.04. The van der Waals surface area contributed by atoms with Gasteiger partial charge in [-0.25, -0.2) is 4.79 Å². The zero-order chi connectivity index (χ0) is 13.8. The number of carboxylic acids is 1. The predicted molar refractivity (Wildman–Crippen MR) is 70.0 cm³/mol. The molecule has 0 radical (unpaired) electrons. The second-order valence-corrected chi connectivity index (χ2v) is 3.91. The van der Waals surface area contributed by atoms with Gasteiger partial charge in [0.15, 0.2) is 0 Å². The molecule has 0 unspecified atom stereocenters. The third-order valence-electron chi connectivity index (χ3n) is 2.73. The van der Waals surface area contributed by atoms with E-state index in [1.54, 1.807) is 18.2 Å². The van der Waals surface area contributed by atoms with Crippen LogP contribution in [0.3, 0.4) is 0 Å². The number of carboxylic acid groups (broad SMARTS) is 1. The molecule has 0 spiro atoms. The zero-order valence-electron chi connectivity index (χ0n) is 10.4. The molecular weight excluding hydrogens is 248 g/mol. The molecule has 0 fully saturated rings. The van der Waals surface area contributed by atoms with Crippen molar-refractivity contribution in [2.75, 3.05) is 20.3 Å². The van der Waals surface area contributed by atoms with Gasteiger partial charge in [0.1, 0.15) is 18.1 Å². The van der Waals surface area contributed by atoms with Crippen LogP contribution in [0.25, 0.3) is 10.8 Å². The van der Waals surface area contributed by atoms with Crippen molar-refractivity contribution in [2.24, 2.45) is 0 Å². The molecule has 5 heteroatoms. The molecule has 0 bridgehead atoms. The summed E-state index contributed by atoms with van der Waals surface area (Å²) in [6.45, 7) is -0.0296. The lowest BCUT2D eigenvalue weighted by molar-refractivity contribution is 0.0696. The summed E-state index contributed by atoms with van der Waals surface area (Å²) in [6.07, 6.45) is 0. The Morgan fingerprint density at radius 2 is 2.00 bits per heavy atom. The fourth-order valence-corrected chi connectivity index (χ4v) is 1.90. The maximum atomic E-state index is 11.1. The minimum absolute atomic E-state index is 0.107. The molecule has 5 nitrogen and oxygen atoms in total. The number of rotatable bonds is 5. The molecule has 0 amide bonds. The van der Waals surface area contributed by atoms with Gasteiger partial charge in [-0.2, -0.15) is 0 Å². The largest absolute Gasteiger partial charge is 0.496 e. The fourth-order valence-electron chi connectivity index (χ4n) is 1.90. The summed E-state index contributed by atoms with van der Waals surface area (Å²) in [4.78, 5) is 11.1. The second-order valence-electron chi connectivity index (χ2n) is 3.91. The summed E-state index contributed by atoms with van der Waals surface area (Å²) in [5.74, 6) is -0.0426. The first kappa shape index (κ1) is 13.2. The van der Waals surface area contributed by atoms with Gasteiger partial charge >= 0.3 is 5.97 Å². The first-order chi connectivity index (χ1) is 9.17. The lowest BCUT2D eigenvalue weighted by atomic mass is 10.0. The topological polar surface area (TPSA) is 76.0 Å². The Balaban J connectivity index is 2.66. The number of aliphatic hydroxyl groups excluding tert-OH is 1. The van der Waals surface area contributed by atoms with E-state index < -0.39 is 5.97 Å². The van der Waals surface area contributed by atoms with E-state index in [0.717, 1.165) is 5.39 Å². The predicted octanol–water partition coefficient (Wildman–Crippen LogP) is 1.92. The van der Waals surface area contributed by atoms with E-state index in [-0.39, 0.29) is 18.8 Å². The van der Waals surface area contributed by atoms with Gasteiger partial charge in [-0.05, 0) is 18.2 Å². The van der Waals surface area contributed by atoms with E-state index in [2.05, 4.69) is 0 Å². The van der Waals surface area contributed by atoms with Crippen molar-refractivity contribution in [1.29, 1.82) is 0 Å². The molecule has 0 atom stereocenters. The molecule has 2 aromatic carbocycles. The molecule has 0 aliphatic carbocycles. The van der Waals surface area contributed by atoms with Crippen LogP contribution in [0.5, 0.6) is 11.5 Å². The smallest absolute Gasteiger partial charge is 0.335 e. The van der Waals surface area contributed by atoms with Gasteiger partial charge in [0.2, 0.25) is 0 Å². The van der Waals surface area contributed by atoms with Gasteiger partial charge in [-0.3, -0.25) is 0 Å². The normalized spacial score (nSPS) is 10.4. The van der Waals surface area contributed by atoms with Crippen LogP contribution in [0, 0.1) is 0 Å². The number of benzene rings is 2. The number of methoxy groups -OCH3 is 1. The van der Waals surface area contributed by atoms with Crippen molar-refractivity contribution in [3.05, 3.63) is 35.9 Å². The number of aromatic carboxylic acids is 1. The lowest BCUT2D eigenvalue weighted by Crippen LogP contribution is -2.04. The first-order valence-corrected chi connectivity index (χ1v) is 5.75. The molecule has 100 valence electrons. The first-order valence-electron chi connectivity index (χ1n) is 5.75. The average molecular weight is 262 g/mol. The van der Waals surface area contributed by atoms with E-state index in [0.29, 0.717) is 16.9 Å². The Morgan fingerprint density at radius 3 is 2.63 bits per heavy atom. The van der Waals surface area contributed by atoms with Gasteiger partial charge in [0.05, 0.1) is 19.3 Å². The highest BCUT2D eigenvalue weighted by Crippen LogP contribution is 2.33. The Labute approximate surface area is 110 Å². The van der Waals surface area contributed by atoms with Crippen LogP contribution in [0.2, 0.25) is 0 Å². The maximum Gasteiger partial charge on any atom is 0.335 e. The van der Waals surface area contributed by atoms with Crippen LogP contribution < -0.4 is 9.47 Å². The molecular formula is C14H14O5. The Bertz CT molecular complexity index is 606. The quantitative estimate of drug-likeness (QED) is 0.860. The highest BCUT2D eigenvalue weighted by molar-refractivity contribution is 6.00. The van der Waals surface area contributed by atoms with E-state index in [9.17, 15) is 4.79 Å². The van der Waals surface area contributed by atoms with Gasteiger partial charge in [0, 0.05) is 10.8 Å². The highest BCUT2D eigenvalue weighted by atomic mass is 16.5. The third kappa shape index (κ3) is 2.61. The van der Waals surface area contributed by atoms with Crippen molar-refractivity contribution in [2.45, 2.75) is 0 Å². The van der Waals surface area contributed by atoms with Crippen molar-refractivity contribution < 1.29 is 24.5 Å². The molecule has 0 aliphatic heterocycles. The van der Waals surface area contributed by atoms with E-state index in [4.69, 9.17) is 19.7 Å². The van der Waals surface area contributed by atoms with Crippen LogP contribution in [0.4, 0.5) is 0 Å². The summed E-state index contributed by atoms with van der Waals surface area (Å²) >= 11 is 0. The Morgan fingerprint density at radius 1 is 1.21 bits per heavy atom. The molecule has 2 aromatic rings. The van der Waals surface area contributed by atoms with E-state index >= 15 is 0 Å². The van der Waals surface area contributed by atoms with E-state index in [1.165, 1.54) is 13.2 Å². The molecule has 0 aromatic heterocycles. The fraction of sp³-hybridized carbons (Fsp3) is 0.214. The highest BCUT2D eigenvalue weighted by Gasteiger charge is 2.12. The number of ether oxygens (including phenoxy) is 2. The lowest BCUT2D eigenvalue weighted by Gasteiger charge is -2.12. The summed E-state index contributed by atoms with van der Waals surface area (Å²) < 4.78 is 10.6. The number of hydrogen-bond donors (Lipinski definition) is 2. The van der Waals surface area contributed by atoms with Gasteiger partial charge < -0.3 is 19.7 Å². The minimum Gasteiger partial charge on any atom is -0.496 e. The van der Waals surface area contributed by atoms with Gasteiger partial charge in [-0.1, -0.05) is 12.1 Å². The average Bonchev–Trinajstić information content (AvgIpc) is 2.43. The second kappa shape index (κ2) is 5.58. The summed E-state index contributed by atoms with van der Waals surface area (Å²) in [7, 11) is 1.52. The molecule has 2 N–H and O–H groups in total. The Hall–Kier alpha value is -2.27. The number of carbonyl (C=O) groups is 1.